The van der Waals surface area contributed by atoms with Crippen molar-refractivity contribution >= 4 is 29.1 Å². The van der Waals surface area contributed by atoms with Crippen molar-refractivity contribution in [2.24, 2.45) is 0 Å². The molecule has 0 saturated heterocycles. The highest BCUT2D eigenvalue weighted by Gasteiger charge is 2.15. The normalized spacial score (nSPS) is 10.2. The van der Waals surface area contributed by atoms with Crippen LogP contribution in [0.2, 0.25) is 0 Å². The van der Waals surface area contributed by atoms with Gasteiger partial charge in [0.2, 0.25) is 5.91 Å². The highest BCUT2D eigenvalue weighted by Crippen LogP contribution is 2.24. The van der Waals surface area contributed by atoms with E-state index >= 15 is 0 Å². The maximum absolute atomic E-state index is 12.0. The van der Waals surface area contributed by atoms with Crippen molar-refractivity contribution < 1.29 is 19.1 Å². The van der Waals surface area contributed by atoms with Crippen LogP contribution in [-0.2, 0) is 20.7 Å². The lowest BCUT2D eigenvalue weighted by Crippen LogP contribution is -2.37. The van der Waals surface area contributed by atoms with E-state index in [1.54, 1.807) is 5.38 Å². The van der Waals surface area contributed by atoms with Crippen molar-refractivity contribution in [1.82, 2.24) is 15.6 Å². The standard InChI is InChI=1S/C17H19N3O4S/c1-3-11-4-6-12(7-5-11)16-20-13(10-25-16)17(23)24-9-15(22)19-8-14(21)18-2/h4-7,10H,3,8-9H2,1-2H3,(H,18,21)(H,19,22). The molecule has 0 aliphatic rings. The van der Waals surface area contributed by atoms with Crippen molar-refractivity contribution in [2.45, 2.75) is 13.3 Å². The van der Waals surface area contributed by atoms with Gasteiger partial charge in [-0.15, -0.1) is 11.3 Å². The first-order valence-corrected chi connectivity index (χ1v) is 8.60. The van der Waals surface area contributed by atoms with E-state index in [9.17, 15) is 14.4 Å². The molecular formula is C17H19N3O4S. The summed E-state index contributed by atoms with van der Waals surface area (Å²) in [5.41, 5.74) is 2.30. The molecular weight excluding hydrogens is 342 g/mol. The quantitative estimate of drug-likeness (QED) is 0.727. The lowest BCUT2D eigenvalue weighted by Gasteiger charge is -2.04. The molecule has 7 nitrogen and oxygen atoms in total. The second kappa shape index (κ2) is 8.93. The van der Waals surface area contributed by atoms with Gasteiger partial charge in [0, 0.05) is 18.0 Å². The van der Waals surface area contributed by atoms with Gasteiger partial charge in [-0.1, -0.05) is 31.2 Å². The maximum atomic E-state index is 12.0. The van der Waals surface area contributed by atoms with Crippen LogP contribution < -0.4 is 10.6 Å². The number of aromatic nitrogens is 1. The fourth-order valence-corrected chi connectivity index (χ4v) is 2.70. The number of aryl methyl sites for hydroxylation is 1. The summed E-state index contributed by atoms with van der Waals surface area (Å²) >= 11 is 1.33. The van der Waals surface area contributed by atoms with Crippen LogP contribution in [0, 0.1) is 0 Å². The molecule has 0 unspecified atom stereocenters. The minimum absolute atomic E-state index is 0.152. The lowest BCUT2D eigenvalue weighted by molar-refractivity contribution is -0.127. The van der Waals surface area contributed by atoms with E-state index in [-0.39, 0.29) is 18.1 Å². The van der Waals surface area contributed by atoms with E-state index in [1.807, 2.05) is 24.3 Å². The Morgan fingerprint density at radius 3 is 2.52 bits per heavy atom. The van der Waals surface area contributed by atoms with Crippen molar-refractivity contribution in [3.63, 3.8) is 0 Å². The van der Waals surface area contributed by atoms with Gasteiger partial charge in [-0.2, -0.15) is 0 Å². The zero-order chi connectivity index (χ0) is 18.2. The third kappa shape index (κ3) is 5.39. The molecule has 25 heavy (non-hydrogen) atoms. The topological polar surface area (TPSA) is 97.4 Å². The predicted molar refractivity (Wildman–Crippen MR) is 94.3 cm³/mol. The molecule has 0 bridgehead atoms. The summed E-state index contributed by atoms with van der Waals surface area (Å²) in [6.07, 6.45) is 0.956. The number of carbonyl (C=O) groups is 3. The van der Waals surface area contributed by atoms with Crippen LogP contribution in [0.3, 0.4) is 0 Å². The predicted octanol–water partition coefficient (Wildman–Crippen LogP) is 1.39. The van der Waals surface area contributed by atoms with Gasteiger partial charge in [-0.3, -0.25) is 9.59 Å². The molecule has 0 spiro atoms. The Labute approximate surface area is 149 Å². The summed E-state index contributed by atoms with van der Waals surface area (Å²) in [5, 5.41) is 7.00. The molecule has 0 saturated carbocycles. The molecule has 0 aliphatic heterocycles. The maximum Gasteiger partial charge on any atom is 0.358 e. The Bertz CT molecular complexity index is 756. The number of nitrogens with zero attached hydrogens (tertiary/aromatic N) is 1. The number of carbonyl (C=O) groups excluding carboxylic acids is 3. The average Bonchev–Trinajstić information content (AvgIpc) is 3.14. The monoisotopic (exact) mass is 361 g/mol. The Hall–Kier alpha value is -2.74. The highest BCUT2D eigenvalue weighted by molar-refractivity contribution is 7.13. The van der Waals surface area contributed by atoms with Gasteiger partial charge in [-0.05, 0) is 12.0 Å². The van der Waals surface area contributed by atoms with Crippen LogP contribution in [0.25, 0.3) is 10.6 Å². The zero-order valence-corrected chi connectivity index (χ0v) is 14.8. The third-order valence-corrected chi connectivity index (χ3v) is 4.27. The summed E-state index contributed by atoms with van der Waals surface area (Å²) in [7, 11) is 1.46. The van der Waals surface area contributed by atoms with E-state index < -0.39 is 18.5 Å². The minimum Gasteiger partial charge on any atom is -0.451 e. The molecule has 1 aromatic carbocycles. The molecule has 132 valence electrons. The number of rotatable bonds is 7. The average molecular weight is 361 g/mol. The fourth-order valence-electron chi connectivity index (χ4n) is 1.91. The third-order valence-electron chi connectivity index (χ3n) is 3.38. The fraction of sp³-hybridized carbons (Fsp3) is 0.294. The van der Waals surface area contributed by atoms with Crippen molar-refractivity contribution in [3.05, 3.63) is 40.9 Å². The van der Waals surface area contributed by atoms with Crippen LogP contribution >= 0.6 is 11.3 Å². The van der Waals surface area contributed by atoms with Gasteiger partial charge < -0.3 is 15.4 Å². The molecule has 2 aromatic rings. The van der Waals surface area contributed by atoms with Gasteiger partial charge in [0.25, 0.3) is 5.91 Å². The number of ether oxygens (including phenoxy) is 1. The summed E-state index contributed by atoms with van der Waals surface area (Å²) in [5.74, 6) is -1.57. The number of likely N-dealkylation sites (N-methyl/N-ethyl adjacent to an activating group) is 1. The van der Waals surface area contributed by atoms with E-state index in [1.165, 1.54) is 23.9 Å². The SMILES string of the molecule is CCc1ccc(-c2nc(C(=O)OCC(=O)NCC(=O)NC)cs2)cc1. The van der Waals surface area contributed by atoms with E-state index in [2.05, 4.69) is 22.5 Å². The summed E-state index contributed by atoms with van der Waals surface area (Å²) in [4.78, 5) is 38.7. The van der Waals surface area contributed by atoms with Crippen LogP contribution in [0.5, 0.6) is 0 Å². The van der Waals surface area contributed by atoms with Crippen molar-refractivity contribution in [3.8, 4) is 10.6 Å². The second-order valence-electron chi connectivity index (χ2n) is 5.11. The van der Waals surface area contributed by atoms with Crippen molar-refractivity contribution in [2.75, 3.05) is 20.2 Å². The number of hydrogen-bond acceptors (Lipinski definition) is 6. The molecule has 0 aliphatic carbocycles. The first kappa shape index (κ1) is 18.6. The summed E-state index contributed by atoms with van der Waals surface area (Å²) in [6.45, 7) is 1.45. The van der Waals surface area contributed by atoms with Gasteiger partial charge in [-0.25, -0.2) is 9.78 Å². The van der Waals surface area contributed by atoms with Crippen molar-refractivity contribution in [1.29, 1.82) is 0 Å². The van der Waals surface area contributed by atoms with Crippen LogP contribution in [0.15, 0.2) is 29.6 Å². The molecule has 2 amide bonds. The molecule has 0 atom stereocenters. The molecule has 8 heteroatoms. The number of nitrogens with one attached hydrogen (secondary N) is 2. The number of thiazole rings is 1. The second-order valence-corrected chi connectivity index (χ2v) is 5.97. The van der Waals surface area contributed by atoms with E-state index in [0.29, 0.717) is 5.01 Å². The van der Waals surface area contributed by atoms with E-state index in [4.69, 9.17) is 4.74 Å². The Kier molecular flexibility index (Phi) is 6.64. The Balaban J connectivity index is 1.89. The Morgan fingerprint density at radius 1 is 1.16 bits per heavy atom. The zero-order valence-electron chi connectivity index (χ0n) is 14.0. The van der Waals surface area contributed by atoms with Gasteiger partial charge in [0.05, 0.1) is 6.54 Å². The van der Waals surface area contributed by atoms with Crippen LogP contribution in [0.4, 0.5) is 0 Å². The minimum atomic E-state index is -0.678. The first-order chi connectivity index (χ1) is 12.0. The van der Waals surface area contributed by atoms with Gasteiger partial charge >= 0.3 is 5.97 Å². The number of benzene rings is 1. The lowest BCUT2D eigenvalue weighted by atomic mass is 10.1. The molecule has 2 N–H and O–H groups in total. The molecule has 0 radical (unpaired) electrons. The summed E-state index contributed by atoms with van der Waals surface area (Å²) < 4.78 is 4.90. The van der Waals surface area contributed by atoms with Crippen LogP contribution in [-0.4, -0.2) is 43.0 Å². The number of hydrogen-bond donors (Lipinski definition) is 2. The highest BCUT2D eigenvalue weighted by atomic mass is 32.1. The van der Waals surface area contributed by atoms with Gasteiger partial charge in [0.1, 0.15) is 5.01 Å². The number of esters is 1. The molecule has 1 aromatic heterocycles. The molecule has 2 rings (SSSR count). The molecule has 1 heterocycles. The van der Waals surface area contributed by atoms with Crippen LogP contribution in [0.1, 0.15) is 23.0 Å². The first-order valence-electron chi connectivity index (χ1n) is 7.72. The van der Waals surface area contributed by atoms with E-state index in [0.717, 1.165) is 12.0 Å². The summed E-state index contributed by atoms with van der Waals surface area (Å²) in [6, 6.07) is 7.95. The molecule has 0 fully saturated rings. The smallest absolute Gasteiger partial charge is 0.358 e. The van der Waals surface area contributed by atoms with Gasteiger partial charge in [0.15, 0.2) is 12.3 Å². The largest absolute Gasteiger partial charge is 0.451 e. The number of amides is 2. The Morgan fingerprint density at radius 2 is 1.88 bits per heavy atom.